The summed E-state index contributed by atoms with van der Waals surface area (Å²) in [5, 5.41) is 22.0. The molecular weight excluding hydrogens is 402 g/mol. The van der Waals surface area contributed by atoms with Gasteiger partial charge in [-0.2, -0.15) is 15.0 Å². The standard InChI is InChI=1S/C19H9ClF2N6O/c1-8-14(15-9(5-23)7-25-13-4-10(20)2-3-11(13)15)19(29)28-18(26-8)12(6-24)16(27-28)17(21)22/h2-4,7,17,27H,1H3. The molecule has 0 saturated carbocycles. The summed E-state index contributed by atoms with van der Waals surface area (Å²) in [5.41, 5.74) is -0.949. The summed E-state index contributed by atoms with van der Waals surface area (Å²) < 4.78 is 27.4. The van der Waals surface area contributed by atoms with Crippen molar-refractivity contribution >= 4 is 28.2 Å². The molecule has 0 saturated heterocycles. The number of hydrogen-bond acceptors (Lipinski definition) is 5. The Hall–Kier alpha value is -3.82. The first-order valence-electron chi connectivity index (χ1n) is 8.19. The number of benzene rings is 1. The van der Waals surface area contributed by atoms with Crippen molar-refractivity contribution in [1.29, 1.82) is 10.5 Å². The molecule has 0 aliphatic carbocycles. The van der Waals surface area contributed by atoms with Crippen LogP contribution in [0.15, 0.2) is 29.2 Å². The normalized spacial score (nSPS) is 11.1. The Kier molecular flexibility index (Phi) is 4.26. The summed E-state index contributed by atoms with van der Waals surface area (Å²) in [6.45, 7) is 1.51. The minimum absolute atomic E-state index is 0.0420. The van der Waals surface area contributed by atoms with Gasteiger partial charge < -0.3 is 0 Å². The van der Waals surface area contributed by atoms with Crippen molar-refractivity contribution in [1.82, 2.24) is 19.6 Å². The molecule has 0 amide bonds. The van der Waals surface area contributed by atoms with E-state index in [1.807, 2.05) is 6.07 Å². The number of pyridine rings is 1. The molecule has 1 N–H and O–H groups in total. The largest absolute Gasteiger partial charge is 0.287 e. The minimum atomic E-state index is -2.99. The van der Waals surface area contributed by atoms with Gasteiger partial charge in [0.1, 0.15) is 23.4 Å². The Morgan fingerprint density at radius 3 is 2.66 bits per heavy atom. The van der Waals surface area contributed by atoms with Gasteiger partial charge in [0.25, 0.3) is 12.0 Å². The van der Waals surface area contributed by atoms with Crippen LogP contribution in [0.4, 0.5) is 8.78 Å². The molecule has 0 bridgehead atoms. The van der Waals surface area contributed by atoms with E-state index in [9.17, 15) is 24.1 Å². The van der Waals surface area contributed by atoms with Crippen LogP contribution in [-0.2, 0) is 0 Å². The average molecular weight is 411 g/mol. The van der Waals surface area contributed by atoms with Crippen molar-refractivity contribution in [2.75, 3.05) is 0 Å². The lowest BCUT2D eigenvalue weighted by molar-refractivity contribution is 0.145. The van der Waals surface area contributed by atoms with Gasteiger partial charge in [-0.15, -0.1) is 0 Å². The number of nitriles is 2. The van der Waals surface area contributed by atoms with E-state index in [4.69, 9.17) is 11.6 Å². The van der Waals surface area contributed by atoms with E-state index < -0.39 is 23.2 Å². The van der Waals surface area contributed by atoms with Crippen molar-refractivity contribution in [2.45, 2.75) is 13.3 Å². The first kappa shape index (κ1) is 18.5. The van der Waals surface area contributed by atoms with E-state index >= 15 is 0 Å². The smallest absolute Gasteiger partial charge is 0.281 e. The van der Waals surface area contributed by atoms with E-state index in [0.717, 1.165) is 4.52 Å². The summed E-state index contributed by atoms with van der Waals surface area (Å²) in [4.78, 5) is 21.6. The molecule has 0 spiro atoms. The lowest BCUT2D eigenvalue weighted by Gasteiger charge is -2.11. The molecular formula is C19H9ClF2N6O. The van der Waals surface area contributed by atoms with Crippen molar-refractivity contribution in [2.24, 2.45) is 0 Å². The molecule has 4 rings (SSSR count). The van der Waals surface area contributed by atoms with Gasteiger partial charge in [0, 0.05) is 22.2 Å². The number of halogens is 3. The third kappa shape index (κ3) is 2.72. The highest BCUT2D eigenvalue weighted by Crippen LogP contribution is 2.32. The summed E-state index contributed by atoms with van der Waals surface area (Å²) >= 11 is 6.01. The van der Waals surface area contributed by atoms with Crippen LogP contribution in [0.3, 0.4) is 0 Å². The maximum atomic E-state index is 13.3. The van der Waals surface area contributed by atoms with Gasteiger partial charge in [0.15, 0.2) is 5.65 Å². The number of aromatic amines is 1. The molecule has 142 valence electrons. The van der Waals surface area contributed by atoms with Crippen LogP contribution in [0.5, 0.6) is 0 Å². The van der Waals surface area contributed by atoms with Gasteiger partial charge in [-0.05, 0) is 19.1 Å². The molecule has 0 radical (unpaired) electrons. The zero-order valence-electron chi connectivity index (χ0n) is 14.7. The topological polar surface area (TPSA) is 111 Å². The van der Waals surface area contributed by atoms with E-state index in [1.54, 1.807) is 24.3 Å². The number of rotatable bonds is 2. The van der Waals surface area contributed by atoms with E-state index in [2.05, 4.69) is 15.1 Å². The number of fused-ring (bicyclic) bond motifs is 2. The monoisotopic (exact) mass is 410 g/mol. The minimum Gasteiger partial charge on any atom is -0.287 e. The molecule has 3 aromatic heterocycles. The molecule has 1 aromatic carbocycles. The van der Waals surface area contributed by atoms with Crippen LogP contribution in [0.25, 0.3) is 27.7 Å². The Morgan fingerprint density at radius 1 is 1.24 bits per heavy atom. The predicted molar refractivity (Wildman–Crippen MR) is 101 cm³/mol. The quantitative estimate of drug-likeness (QED) is 0.539. The van der Waals surface area contributed by atoms with Crippen LogP contribution in [0.2, 0.25) is 5.02 Å². The molecule has 7 nitrogen and oxygen atoms in total. The van der Waals surface area contributed by atoms with Crippen LogP contribution in [0.1, 0.15) is 28.9 Å². The highest BCUT2D eigenvalue weighted by atomic mass is 35.5. The first-order valence-corrected chi connectivity index (χ1v) is 8.57. The van der Waals surface area contributed by atoms with Crippen molar-refractivity contribution in [3.8, 4) is 23.3 Å². The van der Waals surface area contributed by atoms with Gasteiger partial charge >= 0.3 is 0 Å². The van der Waals surface area contributed by atoms with E-state index in [1.165, 1.54) is 13.1 Å². The molecule has 0 fully saturated rings. The zero-order chi connectivity index (χ0) is 20.9. The Morgan fingerprint density at radius 2 is 2.00 bits per heavy atom. The van der Waals surface area contributed by atoms with E-state index in [0.29, 0.717) is 15.9 Å². The first-order chi connectivity index (χ1) is 13.9. The van der Waals surface area contributed by atoms with Crippen LogP contribution < -0.4 is 5.56 Å². The van der Waals surface area contributed by atoms with Gasteiger partial charge in [-0.3, -0.25) is 14.9 Å². The number of aryl methyl sites for hydroxylation is 1. The molecule has 0 aliphatic rings. The average Bonchev–Trinajstić information content (AvgIpc) is 3.06. The van der Waals surface area contributed by atoms with Crippen LogP contribution in [0, 0.1) is 29.6 Å². The summed E-state index contributed by atoms with van der Waals surface area (Å²) in [5.74, 6) is 0. The summed E-state index contributed by atoms with van der Waals surface area (Å²) in [6.07, 6.45) is -1.69. The highest BCUT2D eigenvalue weighted by molar-refractivity contribution is 6.31. The zero-order valence-corrected chi connectivity index (χ0v) is 15.4. The lowest BCUT2D eigenvalue weighted by atomic mass is 9.97. The van der Waals surface area contributed by atoms with E-state index in [-0.39, 0.29) is 28.0 Å². The maximum Gasteiger partial charge on any atom is 0.281 e. The molecule has 29 heavy (non-hydrogen) atoms. The molecule has 3 heterocycles. The van der Waals surface area contributed by atoms with Crippen molar-refractivity contribution in [3.63, 3.8) is 0 Å². The second-order valence-corrected chi connectivity index (χ2v) is 6.61. The molecule has 0 atom stereocenters. The molecule has 4 aromatic rings. The van der Waals surface area contributed by atoms with Crippen molar-refractivity contribution < 1.29 is 8.78 Å². The number of nitrogens with zero attached hydrogens (tertiary/aromatic N) is 5. The van der Waals surface area contributed by atoms with Gasteiger partial charge in [0.2, 0.25) is 0 Å². The van der Waals surface area contributed by atoms with Crippen molar-refractivity contribution in [3.05, 3.63) is 62.3 Å². The summed E-state index contributed by atoms with van der Waals surface area (Å²) in [7, 11) is 0. The molecule has 0 aliphatic heterocycles. The molecule has 0 unspecified atom stereocenters. The predicted octanol–water partition coefficient (Wildman–Crippen LogP) is 3.88. The van der Waals surface area contributed by atoms with Gasteiger partial charge in [0.05, 0.1) is 22.3 Å². The SMILES string of the molecule is Cc1nc2c(C#N)c(C(F)F)[nH]n2c(=O)c1-c1c(C#N)cnc2cc(Cl)ccc12. The number of nitrogens with one attached hydrogen (secondary N) is 1. The molecule has 10 heteroatoms. The van der Waals surface area contributed by atoms with Gasteiger partial charge in [-0.1, -0.05) is 17.7 Å². The Bertz CT molecular complexity index is 1460. The Labute approximate surface area is 166 Å². The number of alkyl halides is 2. The number of hydrogen-bond donors (Lipinski definition) is 1. The van der Waals surface area contributed by atoms with Crippen LogP contribution in [-0.4, -0.2) is 19.6 Å². The fraction of sp³-hybridized carbons (Fsp3) is 0.105. The fourth-order valence-electron chi connectivity index (χ4n) is 3.27. The fourth-order valence-corrected chi connectivity index (χ4v) is 3.44. The number of aromatic nitrogens is 4. The maximum absolute atomic E-state index is 13.3. The lowest BCUT2D eigenvalue weighted by Crippen LogP contribution is -2.20. The third-order valence-electron chi connectivity index (χ3n) is 4.52. The second-order valence-electron chi connectivity index (χ2n) is 6.17. The van der Waals surface area contributed by atoms with Crippen LogP contribution >= 0.6 is 11.6 Å². The highest BCUT2D eigenvalue weighted by Gasteiger charge is 2.25. The summed E-state index contributed by atoms with van der Waals surface area (Å²) in [6, 6.07) is 8.45. The van der Waals surface area contributed by atoms with Gasteiger partial charge in [-0.25, -0.2) is 13.8 Å². The second kappa shape index (κ2) is 6.66. The third-order valence-corrected chi connectivity index (χ3v) is 4.76. The number of H-pyrrole nitrogens is 1. The Balaban J connectivity index is 2.18.